The van der Waals surface area contributed by atoms with Gasteiger partial charge in [0.15, 0.2) is 6.61 Å². The van der Waals surface area contributed by atoms with Gasteiger partial charge in [-0.1, -0.05) is 11.3 Å². The minimum Gasteiger partial charge on any atom is -0.464 e. The summed E-state index contributed by atoms with van der Waals surface area (Å²) in [6, 6.07) is 0. The summed E-state index contributed by atoms with van der Waals surface area (Å²) in [6.45, 7) is 2.00. The highest BCUT2D eigenvalue weighted by Gasteiger charge is 2.24. The molecule has 0 bridgehead atoms. The van der Waals surface area contributed by atoms with E-state index in [1.807, 2.05) is 7.05 Å². The van der Waals surface area contributed by atoms with Gasteiger partial charge in [-0.3, -0.25) is 0 Å². The highest BCUT2D eigenvalue weighted by atomic mass is 32.1. The lowest BCUT2D eigenvalue weighted by atomic mass is 10.2. The van der Waals surface area contributed by atoms with E-state index in [1.54, 1.807) is 0 Å². The van der Waals surface area contributed by atoms with Gasteiger partial charge in [0.05, 0.1) is 5.69 Å². The van der Waals surface area contributed by atoms with Crippen LogP contribution in [0.2, 0.25) is 0 Å². The quantitative estimate of drug-likeness (QED) is 0.819. The number of hydrogen-bond acceptors (Lipinski definition) is 4. The van der Waals surface area contributed by atoms with E-state index in [0.29, 0.717) is 5.19 Å². The maximum Gasteiger partial charge on any atom is 0.278 e. The van der Waals surface area contributed by atoms with Gasteiger partial charge in [0.1, 0.15) is 0 Å². The van der Waals surface area contributed by atoms with Crippen LogP contribution in [0.4, 0.5) is 8.78 Å². The molecule has 0 aromatic carbocycles. The zero-order valence-electron chi connectivity index (χ0n) is 9.30. The minimum absolute atomic E-state index is 0.363. The van der Waals surface area contributed by atoms with Crippen LogP contribution in [0.15, 0.2) is 0 Å². The second-order valence-corrected chi connectivity index (χ2v) is 5.24. The number of likely N-dealkylation sites (N-methyl/N-ethyl adjacent to an activating group) is 1. The number of rotatable bonds is 3. The number of aromatic nitrogens is 1. The fourth-order valence-electron chi connectivity index (χ4n) is 1.56. The Bertz CT molecular complexity index is 375. The monoisotopic (exact) mass is 248 g/mol. The molecule has 0 aliphatic carbocycles. The Morgan fingerprint density at radius 3 is 3.00 bits per heavy atom. The van der Waals surface area contributed by atoms with Crippen LogP contribution < -0.4 is 4.74 Å². The largest absolute Gasteiger partial charge is 0.464 e. The number of nitrogens with zero attached hydrogens (tertiary/aromatic N) is 2. The molecule has 0 saturated heterocycles. The Labute approximate surface area is 97.0 Å². The van der Waals surface area contributed by atoms with Crippen LogP contribution in [0.25, 0.3) is 0 Å². The van der Waals surface area contributed by atoms with Crippen molar-refractivity contribution >= 4 is 11.3 Å². The van der Waals surface area contributed by atoms with Crippen molar-refractivity contribution in [2.75, 3.05) is 20.2 Å². The van der Waals surface area contributed by atoms with Crippen molar-refractivity contribution in [1.82, 2.24) is 9.88 Å². The minimum atomic E-state index is -2.80. The summed E-state index contributed by atoms with van der Waals surface area (Å²) in [5, 5.41) is 0.363. The number of fused-ring (bicyclic) bond motifs is 1. The van der Waals surface area contributed by atoms with Crippen molar-refractivity contribution < 1.29 is 13.5 Å². The second-order valence-electron chi connectivity index (χ2n) is 4.20. The van der Waals surface area contributed by atoms with Gasteiger partial charge in [-0.05, 0) is 13.5 Å². The van der Waals surface area contributed by atoms with Crippen LogP contribution in [-0.2, 0) is 13.0 Å². The molecule has 3 nitrogen and oxygen atoms in total. The zero-order valence-corrected chi connectivity index (χ0v) is 10.1. The number of ether oxygens (including phenoxy) is 1. The van der Waals surface area contributed by atoms with Crippen molar-refractivity contribution in [3.05, 3.63) is 10.6 Å². The molecular weight excluding hydrogens is 234 g/mol. The summed E-state index contributed by atoms with van der Waals surface area (Å²) in [6.07, 6.45) is 0.926. The normalized spacial score (nSPS) is 17.2. The van der Waals surface area contributed by atoms with Crippen molar-refractivity contribution in [3.63, 3.8) is 0 Å². The van der Waals surface area contributed by atoms with Gasteiger partial charge in [0.25, 0.3) is 11.1 Å². The van der Waals surface area contributed by atoms with Crippen molar-refractivity contribution in [3.8, 4) is 5.19 Å². The SMILES string of the molecule is CN1CCc2sc(OCC(C)(F)F)nc2C1. The van der Waals surface area contributed by atoms with Gasteiger partial charge < -0.3 is 9.64 Å². The average molecular weight is 248 g/mol. The first-order chi connectivity index (χ1) is 7.44. The predicted octanol–water partition coefficient (Wildman–Crippen LogP) is 2.17. The Morgan fingerprint density at radius 2 is 2.31 bits per heavy atom. The molecule has 6 heteroatoms. The number of halogens is 2. The highest BCUT2D eigenvalue weighted by Crippen LogP contribution is 2.29. The summed E-state index contributed by atoms with van der Waals surface area (Å²) < 4.78 is 30.2. The summed E-state index contributed by atoms with van der Waals surface area (Å²) in [5.41, 5.74) is 0.966. The molecule has 1 aromatic heterocycles. The van der Waals surface area contributed by atoms with E-state index in [-0.39, 0.29) is 0 Å². The van der Waals surface area contributed by atoms with E-state index in [2.05, 4.69) is 9.88 Å². The number of alkyl halides is 2. The third-order valence-corrected chi connectivity index (χ3v) is 3.42. The van der Waals surface area contributed by atoms with Crippen molar-refractivity contribution in [1.29, 1.82) is 0 Å². The molecule has 1 aliphatic heterocycles. The highest BCUT2D eigenvalue weighted by molar-refractivity contribution is 7.13. The Hall–Kier alpha value is -0.750. The first kappa shape index (κ1) is 11.7. The maximum atomic E-state index is 12.6. The van der Waals surface area contributed by atoms with Crippen LogP contribution in [0.3, 0.4) is 0 Å². The van der Waals surface area contributed by atoms with Crippen molar-refractivity contribution in [2.45, 2.75) is 25.8 Å². The van der Waals surface area contributed by atoms with E-state index < -0.39 is 12.5 Å². The summed E-state index contributed by atoms with van der Waals surface area (Å²) in [5.74, 6) is -2.80. The molecule has 16 heavy (non-hydrogen) atoms. The smallest absolute Gasteiger partial charge is 0.278 e. The fourth-order valence-corrected chi connectivity index (χ4v) is 2.46. The van der Waals surface area contributed by atoms with Crippen LogP contribution in [0, 0.1) is 0 Å². The first-order valence-electron chi connectivity index (χ1n) is 5.12. The molecule has 0 N–H and O–H groups in total. The molecule has 0 atom stereocenters. The van der Waals surface area contributed by atoms with E-state index >= 15 is 0 Å². The van der Waals surface area contributed by atoms with E-state index in [0.717, 1.165) is 37.0 Å². The lowest BCUT2D eigenvalue weighted by Gasteiger charge is -2.20. The van der Waals surface area contributed by atoms with Crippen LogP contribution >= 0.6 is 11.3 Å². The molecule has 0 unspecified atom stereocenters. The molecule has 1 aliphatic rings. The lowest BCUT2D eigenvalue weighted by Crippen LogP contribution is -2.25. The summed E-state index contributed by atoms with van der Waals surface area (Å²) >= 11 is 1.38. The fraction of sp³-hybridized carbons (Fsp3) is 0.700. The number of hydrogen-bond donors (Lipinski definition) is 0. The number of thiazole rings is 1. The lowest BCUT2D eigenvalue weighted by molar-refractivity contribution is -0.0230. The molecular formula is C10H14F2N2OS. The zero-order chi connectivity index (χ0) is 11.8. The topological polar surface area (TPSA) is 25.4 Å². The molecule has 1 aromatic rings. The Balaban J connectivity index is 2.02. The average Bonchev–Trinajstić information content (AvgIpc) is 2.55. The summed E-state index contributed by atoms with van der Waals surface area (Å²) in [4.78, 5) is 7.54. The molecule has 0 fully saturated rings. The molecule has 0 spiro atoms. The van der Waals surface area contributed by atoms with Gasteiger partial charge in [-0.15, -0.1) is 0 Å². The van der Waals surface area contributed by atoms with Gasteiger partial charge in [-0.2, -0.15) is 0 Å². The van der Waals surface area contributed by atoms with Crippen LogP contribution in [-0.4, -0.2) is 36.0 Å². The standard InChI is InChI=1S/C10H14F2N2OS/c1-10(11,12)6-15-9-13-7-5-14(2)4-3-8(7)16-9/h3-6H2,1-2H3. The second kappa shape index (κ2) is 4.25. The van der Waals surface area contributed by atoms with E-state index in [1.165, 1.54) is 11.3 Å². The Morgan fingerprint density at radius 1 is 1.56 bits per heavy atom. The summed E-state index contributed by atoms with van der Waals surface area (Å²) in [7, 11) is 2.02. The molecule has 0 saturated carbocycles. The van der Waals surface area contributed by atoms with Gasteiger partial charge >= 0.3 is 0 Å². The van der Waals surface area contributed by atoms with Gasteiger partial charge in [0, 0.05) is 24.9 Å². The van der Waals surface area contributed by atoms with E-state index in [9.17, 15) is 8.78 Å². The Kier molecular flexibility index (Phi) is 3.12. The maximum absolute atomic E-state index is 12.6. The molecule has 2 heterocycles. The van der Waals surface area contributed by atoms with Crippen LogP contribution in [0.1, 0.15) is 17.5 Å². The van der Waals surface area contributed by atoms with E-state index in [4.69, 9.17) is 4.74 Å². The molecule has 0 radical (unpaired) electrons. The third kappa shape index (κ3) is 2.89. The first-order valence-corrected chi connectivity index (χ1v) is 5.93. The van der Waals surface area contributed by atoms with Gasteiger partial charge in [-0.25, -0.2) is 13.8 Å². The molecule has 0 amide bonds. The van der Waals surface area contributed by atoms with Gasteiger partial charge in [0.2, 0.25) is 0 Å². The predicted molar refractivity (Wildman–Crippen MR) is 58.3 cm³/mol. The van der Waals surface area contributed by atoms with Crippen molar-refractivity contribution in [2.24, 2.45) is 0 Å². The third-order valence-electron chi connectivity index (χ3n) is 2.35. The molecule has 90 valence electrons. The molecule has 2 rings (SSSR count). The van der Waals surface area contributed by atoms with Crippen LogP contribution in [0.5, 0.6) is 5.19 Å².